The number of imidazole rings is 2. The van der Waals surface area contributed by atoms with E-state index in [2.05, 4.69) is 20.3 Å². The fraction of sp³-hybridized carbons (Fsp3) is 0.217. The third-order valence-corrected chi connectivity index (χ3v) is 14.4. The number of aryl methyl sites for hydroxylation is 4. The number of hydrogen-bond donors (Lipinski definition) is 0. The number of ether oxygens (including phenoxy) is 2. The van der Waals surface area contributed by atoms with Crippen LogP contribution in [-0.4, -0.2) is 59.2 Å². The van der Waals surface area contributed by atoms with E-state index < -0.39 is 33.8 Å². The molecule has 17 heteroatoms. The molecule has 10 aromatic rings. The van der Waals surface area contributed by atoms with E-state index in [4.69, 9.17) is 28.5 Å². The van der Waals surface area contributed by atoms with Gasteiger partial charge in [0.25, 0.3) is 0 Å². The van der Waals surface area contributed by atoms with Gasteiger partial charge >= 0.3 is 371 Å². The van der Waals surface area contributed by atoms with E-state index in [1.165, 1.54) is 0 Å². The molecule has 0 saturated carbocycles. The molecule has 0 aliphatic carbocycles. The first-order valence-electron chi connectivity index (χ1n) is 20.1. The predicted molar refractivity (Wildman–Crippen MR) is 233 cm³/mol. The van der Waals surface area contributed by atoms with Crippen LogP contribution in [0.5, 0.6) is 11.5 Å². The molecule has 0 bridgehead atoms. The number of benzene rings is 2. The molecule has 318 valence electrons. The summed E-state index contributed by atoms with van der Waals surface area (Å²) < 4.78 is 29.9. The summed E-state index contributed by atoms with van der Waals surface area (Å²) in [6.45, 7) is 11.4. The molecule has 8 aromatic heterocycles. The Hall–Kier alpha value is -7.15. The first-order valence-corrected chi connectivity index (χ1v) is 22.1. The second-order valence-electron chi connectivity index (χ2n) is 15.3. The summed E-state index contributed by atoms with van der Waals surface area (Å²) in [5.74, 6) is 2.41. The van der Waals surface area contributed by atoms with Gasteiger partial charge in [-0.05, 0) is 0 Å². The summed E-state index contributed by atoms with van der Waals surface area (Å²) >= 11 is -1.65. The van der Waals surface area contributed by atoms with Crippen molar-refractivity contribution in [2.45, 2.75) is 53.6 Å². The van der Waals surface area contributed by atoms with Gasteiger partial charge in [0.05, 0.1) is 0 Å². The maximum absolute atomic E-state index is 15.2. The van der Waals surface area contributed by atoms with Crippen molar-refractivity contribution in [2.24, 2.45) is 0 Å². The summed E-state index contributed by atoms with van der Waals surface area (Å²) in [6.07, 6.45) is 6.84. The van der Waals surface area contributed by atoms with Gasteiger partial charge in [0.1, 0.15) is 0 Å². The number of halogens is 1. The minimum atomic E-state index is -1.65. The van der Waals surface area contributed by atoms with Crippen molar-refractivity contribution < 1.29 is 40.3 Å². The molecular formula is C46H40IN10O6-. The number of methoxy groups -OCH3 is 2. The van der Waals surface area contributed by atoms with Crippen LogP contribution >= 0.6 is 0 Å². The van der Waals surface area contributed by atoms with Gasteiger partial charge in [0, 0.05) is 0 Å². The molecular weight excluding hydrogens is 915 g/mol. The Kier molecular flexibility index (Phi) is 9.72. The molecule has 0 aliphatic rings. The average Bonchev–Trinajstić information content (AvgIpc) is 4.00. The number of fused-ring (bicyclic) bond motifs is 6. The number of hydrogen-bond acceptors (Lipinski definition) is 12. The summed E-state index contributed by atoms with van der Waals surface area (Å²) in [4.78, 5) is 49.6. The normalized spacial score (nSPS) is 12.9. The molecule has 0 saturated heterocycles. The van der Waals surface area contributed by atoms with Crippen LogP contribution in [0.4, 0.5) is 0 Å². The summed E-state index contributed by atoms with van der Waals surface area (Å²) in [5, 5.41) is 9.73. The Morgan fingerprint density at radius 1 is 0.603 bits per heavy atom. The Balaban J connectivity index is 1.24. The van der Waals surface area contributed by atoms with Crippen molar-refractivity contribution in [3.63, 3.8) is 0 Å². The van der Waals surface area contributed by atoms with Crippen LogP contribution in [0.1, 0.15) is 60.2 Å². The van der Waals surface area contributed by atoms with Crippen LogP contribution < -0.4 is 42.6 Å². The quantitative estimate of drug-likeness (QED) is 0.170. The van der Waals surface area contributed by atoms with Crippen molar-refractivity contribution in [2.75, 3.05) is 14.2 Å². The predicted octanol–water partition coefficient (Wildman–Crippen LogP) is 4.90. The molecule has 0 unspecified atom stereocenters. The second-order valence-corrected chi connectivity index (χ2v) is 17.7. The van der Waals surface area contributed by atoms with E-state index in [9.17, 15) is 0 Å². The molecule has 8 heterocycles. The number of pyridine rings is 4. The van der Waals surface area contributed by atoms with Gasteiger partial charge in [0.2, 0.25) is 0 Å². The zero-order chi connectivity index (χ0) is 43.8. The zero-order valence-electron chi connectivity index (χ0n) is 35.5. The zero-order valence-corrected chi connectivity index (χ0v) is 37.7. The van der Waals surface area contributed by atoms with Crippen molar-refractivity contribution >= 4 is 43.9 Å². The van der Waals surface area contributed by atoms with Gasteiger partial charge in [-0.15, -0.1) is 0 Å². The summed E-state index contributed by atoms with van der Waals surface area (Å²) in [6, 6.07) is 18.0. The maximum atomic E-state index is 15.2. The SMILES string of the molecule is COc1cc2c(cc1-c1c(C)noc1C)ncc1c2n([C@H](C)c2ccccn2)c(=O)n1[I-]n1c(=O)n([C@H](C)c2ccccn2)c2c3cc(OC)c(-c4c(C)noc4C)cc3ncc21. The average molecular weight is 956 g/mol. The van der Waals surface area contributed by atoms with E-state index in [-0.39, 0.29) is 11.4 Å². The molecule has 0 amide bonds. The van der Waals surface area contributed by atoms with Gasteiger partial charge < -0.3 is 0 Å². The standard InChI is InChI=1S/C46H40IN10O6/c1-23-41(27(5)62-52-23)31-17-35-29(19-39(31)60-7)43-37(21-50-35)56(45(58)54(43)25(3)33-13-9-11-15-48-33)47-57-38-22-51-36-18-32(42-24(2)53-63-28(42)6)40(61-8)20-30(36)44(38)55(46(57)59)26(4)34-14-10-12-16-49-34/h9-22,25-26H,1-8H3/q-1/t25-,26-/m1/s1. The van der Waals surface area contributed by atoms with Gasteiger partial charge in [-0.25, -0.2) is 0 Å². The van der Waals surface area contributed by atoms with E-state index in [1.807, 2.05) is 102 Å². The molecule has 63 heavy (non-hydrogen) atoms. The molecule has 0 radical (unpaired) electrons. The Morgan fingerprint density at radius 2 is 1.03 bits per heavy atom. The van der Waals surface area contributed by atoms with E-state index >= 15 is 9.59 Å². The Labute approximate surface area is 369 Å². The second kappa shape index (κ2) is 15.3. The van der Waals surface area contributed by atoms with E-state index in [1.54, 1.807) is 53.7 Å². The first kappa shape index (κ1) is 40.0. The van der Waals surface area contributed by atoms with Gasteiger partial charge in [-0.1, -0.05) is 0 Å². The molecule has 0 N–H and O–H groups in total. The van der Waals surface area contributed by atoms with Crippen LogP contribution in [0.25, 0.3) is 66.1 Å². The topological polar surface area (TPSA) is 176 Å². The van der Waals surface area contributed by atoms with E-state index in [0.29, 0.717) is 89.7 Å². The van der Waals surface area contributed by atoms with Crippen molar-refractivity contribution in [3.05, 3.63) is 141 Å². The van der Waals surface area contributed by atoms with Gasteiger partial charge in [-0.2, -0.15) is 0 Å². The molecule has 2 aromatic carbocycles. The monoisotopic (exact) mass is 955 g/mol. The number of aromatic nitrogens is 10. The van der Waals surface area contributed by atoms with Crippen LogP contribution in [0.15, 0.2) is 104 Å². The molecule has 2 atom stereocenters. The molecule has 0 fully saturated rings. The van der Waals surface area contributed by atoms with E-state index in [0.717, 1.165) is 22.3 Å². The van der Waals surface area contributed by atoms with Crippen LogP contribution in [0.2, 0.25) is 0 Å². The molecule has 0 spiro atoms. The Morgan fingerprint density at radius 3 is 1.38 bits per heavy atom. The molecule has 0 aliphatic heterocycles. The van der Waals surface area contributed by atoms with Gasteiger partial charge in [0.15, 0.2) is 0 Å². The van der Waals surface area contributed by atoms with Crippen molar-refractivity contribution in [1.29, 1.82) is 0 Å². The fourth-order valence-electron chi connectivity index (χ4n) is 8.68. The summed E-state index contributed by atoms with van der Waals surface area (Å²) in [7, 11) is 3.21. The van der Waals surface area contributed by atoms with Crippen molar-refractivity contribution in [3.8, 4) is 33.8 Å². The Bertz CT molecular complexity index is 3280. The van der Waals surface area contributed by atoms with Crippen molar-refractivity contribution in [1.82, 2.24) is 44.9 Å². The van der Waals surface area contributed by atoms with Crippen LogP contribution in [0, 0.1) is 27.7 Å². The number of nitrogens with zero attached hydrogens (tertiary/aromatic N) is 10. The van der Waals surface area contributed by atoms with Gasteiger partial charge in [-0.3, -0.25) is 0 Å². The van der Waals surface area contributed by atoms with Crippen LogP contribution in [-0.2, 0) is 0 Å². The molecule has 16 nitrogen and oxygen atoms in total. The fourth-order valence-corrected chi connectivity index (χ4v) is 11.1. The minimum absolute atomic E-state index is 0.316. The third-order valence-electron chi connectivity index (χ3n) is 11.7. The van der Waals surface area contributed by atoms with Crippen LogP contribution in [0.3, 0.4) is 0 Å². The number of rotatable bonds is 10. The molecule has 10 rings (SSSR count). The third kappa shape index (κ3) is 6.23. The summed E-state index contributed by atoms with van der Waals surface area (Å²) in [5.41, 5.74) is 8.98. The first-order chi connectivity index (χ1) is 30.5.